The number of pyridine rings is 1. The van der Waals surface area contributed by atoms with Gasteiger partial charge in [0.2, 0.25) is 0 Å². The van der Waals surface area contributed by atoms with Crippen molar-refractivity contribution in [3.63, 3.8) is 0 Å². The number of carbonyl (C=O) groups excluding carboxylic acids is 1. The summed E-state index contributed by atoms with van der Waals surface area (Å²) in [5.74, 6) is 0.448. The molecule has 1 amide bonds. The minimum absolute atomic E-state index is 0.211. The van der Waals surface area contributed by atoms with Crippen molar-refractivity contribution in [1.82, 2.24) is 15.6 Å². The molecule has 5 nitrogen and oxygen atoms in total. The normalized spacial score (nSPS) is 9.88. The fourth-order valence-corrected chi connectivity index (χ4v) is 1.17. The zero-order valence-corrected chi connectivity index (χ0v) is 9.62. The van der Waals surface area contributed by atoms with Crippen LogP contribution >= 0.6 is 0 Å². The van der Waals surface area contributed by atoms with E-state index < -0.39 is 0 Å². The van der Waals surface area contributed by atoms with Gasteiger partial charge in [0, 0.05) is 25.9 Å². The summed E-state index contributed by atoms with van der Waals surface area (Å²) in [6.07, 6.45) is 1.56. The molecule has 0 bridgehead atoms. The molecule has 88 valence electrons. The molecule has 0 aliphatic heterocycles. The van der Waals surface area contributed by atoms with E-state index in [0.717, 1.165) is 13.1 Å². The fraction of sp³-hybridized carbons (Fsp3) is 0.455. The molecule has 0 spiro atoms. The van der Waals surface area contributed by atoms with Gasteiger partial charge in [0.15, 0.2) is 0 Å². The largest absolute Gasteiger partial charge is 0.492 e. The summed E-state index contributed by atoms with van der Waals surface area (Å²) in [6.45, 7) is 4.32. The zero-order chi connectivity index (χ0) is 11.8. The molecule has 1 aromatic heterocycles. The Kier molecular flexibility index (Phi) is 5.28. The maximum absolute atomic E-state index is 11.3. The lowest BCUT2D eigenvalue weighted by Crippen LogP contribution is -2.21. The van der Waals surface area contributed by atoms with Crippen molar-refractivity contribution in [2.24, 2.45) is 0 Å². The highest BCUT2D eigenvalue weighted by Gasteiger charge is 2.05. The molecule has 16 heavy (non-hydrogen) atoms. The number of hydrogen-bond acceptors (Lipinski definition) is 4. The maximum Gasteiger partial charge on any atom is 0.269 e. The Morgan fingerprint density at radius 2 is 2.38 bits per heavy atom. The highest BCUT2D eigenvalue weighted by atomic mass is 16.5. The van der Waals surface area contributed by atoms with Crippen LogP contribution in [0.25, 0.3) is 0 Å². The first-order valence-corrected chi connectivity index (χ1v) is 5.29. The van der Waals surface area contributed by atoms with Crippen LogP contribution in [0.4, 0.5) is 0 Å². The van der Waals surface area contributed by atoms with Crippen molar-refractivity contribution in [2.45, 2.75) is 6.92 Å². The topological polar surface area (TPSA) is 63.2 Å². The molecule has 1 aromatic rings. The van der Waals surface area contributed by atoms with Crippen LogP contribution < -0.4 is 15.4 Å². The van der Waals surface area contributed by atoms with Gasteiger partial charge in [-0.05, 0) is 12.6 Å². The van der Waals surface area contributed by atoms with Gasteiger partial charge >= 0.3 is 0 Å². The molecule has 0 radical (unpaired) electrons. The summed E-state index contributed by atoms with van der Waals surface area (Å²) in [7, 11) is 1.57. The van der Waals surface area contributed by atoms with Gasteiger partial charge in [-0.3, -0.25) is 9.78 Å². The molecule has 0 unspecified atom stereocenters. The summed E-state index contributed by atoms with van der Waals surface area (Å²) in [6, 6.07) is 3.36. The highest BCUT2D eigenvalue weighted by molar-refractivity contribution is 5.92. The molecular weight excluding hydrogens is 206 g/mol. The molecule has 0 fully saturated rings. The lowest BCUT2D eigenvalue weighted by molar-refractivity contribution is 0.0957. The summed E-state index contributed by atoms with van der Waals surface area (Å²) < 4.78 is 5.46. The number of nitrogens with one attached hydrogen (secondary N) is 2. The van der Waals surface area contributed by atoms with Gasteiger partial charge in [-0.15, -0.1) is 0 Å². The quantitative estimate of drug-likeness (QED) is 0.686. The Morgan fingerprint density at radius 3 is 3.06 bits per heavy atom. The fourth-order valence-electron chi connectivity index (χ4n) is 1.17. The van der Waals surface area contributed by atoms with Gasteiger partial charge < -0.3 is 15.4 Å². The minimum atomic E-state index is -0.211. The number of nitrogens with zero attached hydrogens (tertiary/aromatic N) is 1. The van der Waals surface area contributed by atoms with Crippen LogP contribution in [-0.2, 0) is 0 Å². The van der Waals surface area contributed by atoms with Crippen molar-refractivity contribution in [3.8, 4) is 5.75 Å². The molecule has 0 aromatic carbocycles. The molecule has 2 N–H and O–H groups in total. The summed E-state index contributed by atoms with van der Waals surface area (Å²) in [5, 5.41) is 5.66. The van der Waals surface area contributed by atoms with E-state index in [1.807, 2.05) is 6.92 Å². The molecule has 0 saturated heterocycles. The summed E-state index contributed by atoms with van der Waals surface area (Å²) >= 11 is 0. The molecule has 1 heterocycles. The average molecular weight is 223 g/mol. The third-order valence-corrected chi connectivity index (χ3v) is 1.99. The third kappa shape index (κ3) is 3.86. The summed E-state index contributed by atoms with van der Waals surface area (Å²) in [4.78, 5) is 15.2. The lowest BCUT2D eigenvalue weighted by Gasteiger charge is -2.07. The van der Waals surface area contributed by atoms with Crippen molar-refractivity contribution in [2.75, 3.05) is 26.7 Å². The second-order valence-corrected chi connectivity index (χ2v) is 3.16. The number of aromatic nitrogens is 1. The van der Waals surface area contributed by atoms with Gasteiger partial charge in [-0.25, -0.2) is 0 Å². The monoisotopic (exact) mass is 223 g/mol. The Bertz CT molecular complexity index is 342. The predicted octanol–water partition coefficient (Wildman–Crippen LogP) is 0.430. The van der Waals surface area contributed by atoms with Crippen LogP contribution in [0.15, 0.2) is 18.3 Å². The van der Waals surface area contributed by atoms with Crippen molar-refractivity contribution < 1.29 is 9.53 Å². The first-order chi connectivity index (χ1) is 7.77. The van der Waals surface area contributed by atoms with Crippen LogP contribution in [0, 0.1) is 0 Å². The van der Waals surface area contributed by atoms with Gasteiger partial charge in [-0.1, -0.05) is 6.92 Å². The molecule has 0 aliphatic carbocycles. The van der Waals surface area contributed by atoms with Gasteiger partial charge in [0.05, 0.1) is 0 Å². The van der Waals surface area contributed by atoms with Crippen LogP contribution in [0.5, 0.6) is 5.75 Å². The van der Waals surface area contributed by atoms with Crippen LogP contribution in [0.2, 0.25) is 0 Å². The van der Waals surface area contributed by atoms with E-state index in [1.165, 1.54) is 0 Å². The highest BCUT2D eigenvalue weighted by Crippen LogP contribution is 2.10. The average Bonchev–Trinajstić information content (AvgIpc) is 2.34. The summed E-state index contributed by atoms with van der Waals surface area (Å²) in [5.41, 5.74) is 0.364. The van der Waals surface area contributed by atoms with Crippen molar-refractivity contribution in [3.05, 3.63) is 24.0 Å². The molecule has 0 atom stereocenters. The molecule has 0 saturated carbocycles. The number of carbonyl (C=O) groups is 1. The number of rotatable bonds is 6. The standard InChI is InChI=1S/C11H17N3O2/c1-3-13-6-7-16-9-4-5-14-10(8-9)11(15)12-2/h4-5,8,13H,3,6-7H2,1-2H3,(H,12,15). The van der Waals surface area contributed by atoms with Crippen molar-refractivity contribution >= 4 is 5.91 Å². The number of amides is 1. The maximum atomic E-state index is 11.3. The first-order valence-electron chi connectivity index (χ1n) is 5.29. The van der Waals surface area contributed by atoms with Crippen LogP contribution in [0.1, 0.15) is 17.4 Å². The zero-order valence-electron chi connectivity index (χ0n) is 9.62. The molecule has 1 rings (SSSR count). The Labute approximate surface area is 95.2 Å². The second kappa shape index (κ2) is 6.79. The van der Waals surface area contributed by atoms with Gasteiger partial charge in [0.25, 0.3) is 5.91 Å². The number of likely N-dealkylation sites (N-methyl/N-ethyl adjacent to an activating group) is 1. The number of ether oxygens (including phenoxy) is 1. The smallest absolute Gasteiger partial charge is 0.269 e. The SMILES string of the molecule is CCNCCOc1ccnc(C(=O)NC)c1. The predicted molar refractivity (Wildman–Crippen MR) is 61.7 cm³/mol. The van der Waals surface area contributed by atoms with E-state index in [2.05, 4.69) is 15.6 Å². The van der Waals surface area contributed by atoms with E-state index in [9.17, 15) is 4.79 Å². The van der Waals surface area contributed by atoms with Gasteiger partial charge in [-0.2, -0.15) is 0 Å². The second-order valence-electron chi connectivity index (χ2n) is 3.16. The third-order valence-electron chi connectivity index (χ3n) is 1.99. The van der Waals surface area contributed by atoms with E-state index in [4.69, 9.17) is 4.74 Å². The van der Waals surface area contributed by atoms with Gasteiger partial charge in [0.1, 0.15) is 18.1 Å². The number of hydrogen-bond donors (Lipinski definition) is 2. The van der Waals surface area contributed by atoms with Crippen LogP contribution in [0.3, 0.4) is 0 Å². The Morgan fingerprint density at radius 1 is 1.56 bits per heavy atom. The first kappa shape index (κ1) is 12.4. The minimum Gasteiger partial charge on any atom is -0.492 e. The molecule has 5 heteroatoms. The lowest BCUT2D eigenvalue weighted by atomic mass is 10.3. The van der Waals surface area contributed by atoms with E-state index in [0.29, 0.717) is 18.1 Å². The van der Waals surface area contributed by atoms with Crippen LogP contribution in [-0.4, -0.2) is 37.6 Å². The Balaban J connectivity index is 2.50. The Hall–Kier alpha value is -1.62. The molecule has 0 aliphatic rings. The van der Waals surface area contributed by atoms with E-state index >= 15 is 0 Å². The van der Waals surface area contributed by atoms with E-state index in [1.54, 1.807) is 25.4 Å². The van der Waals surface area contributed by atoms with E-state index in [-0.39, 0.29) is 5.91 Å². The van der Waals surface area contributed by atoms with Crippen molar-refractivity contribution in [1.29, 1.82) is 0 Å². The molecular formula is C11H17N3O2.